The topological polar surface area (TPSA) is 64.7 Å². The Morgan fingerprint density at radius 2 is 1.81 bits per heavy atom. The Hall–Kier alpha value is -2.52. The van der Waals surface area contributed by atoms with E-state index < -0.39 is 17.8 Å². The third-order valence-electron chi connectivity index (χ3n) is 5.33. The van der Waals surface area contributed by atoms with Gasteiger partial charge in [-0.25, -0.2) is 0 Å². The Morgan fingerprint density at radius 3 is 2.56 bits per heavy atom. The van der Waals surface area contributed by atoms with Gasteiger partial charge in [-0.1, -0.05) is 47.8 Å². The summed E-state index contributed by atoms with van der Waals surface area (Å²) in [5.41, 5.74) is 0.597. The van der Waals surface area contributed by atoms with Crippen LogP contribution in [0.4, 0.5) is 19.0 Å². The van der Waals surface area contributed by atoms with Gasteiger partial charge in [-0.05, 0) is 37.3 Å². The van der Waals surface area contributed by atoms with Crippen molar-refractivity contribution >= 4 is 34.9 Å². The number of nitrogens with one attached hydrogen (secondary N) is 1. The number of rotatable bonds is 5. The van der Waals surface area contributed by atoms with E-state index >= 15 is 0 Å². The Morgan fingerprint density at radius 1 is 1.06 bits per heavy atom. The molecule has 0 unspecified atom stereocenters. The first-order valence-corrected chi connectivity index (χ1v) is 10.9. The Balaban J connectivity index is 1.51. The molecule has 1 aromatic carbocycles. The molecule has 0 spiro atoms. The van der Waals surface area contributed by atoms with Crippen LogP contribution in [-0.4, -0.2) is 25.5 Å². The van der Waals surface area contributed by atoms with Gasteiger partial charge in [0.2, 0.25) is 5.91 Å². The van der Waals surface area contributed by atoms with Crippen LogP contribution in [0.1, 0.15) is 41.8 Å². The summed E-state index contributed by atoms with van der Waals surface area (Å²) in [7, 11) is 0. The minimum absolute atomic E-state index is 0.123. The van der Waals surface area contributed by atoms with Gasteiger partial charge < -0.3 is 5.32 Å². The van der Waals surface area contributed by atoms with E-state index in [4.69, 9.17) is 23.2 Å². The van der Waals surface area contributed by atoms with E-state index in [1.54, 1.807) is 12.3 Å². The maximum Gasteiger partial charge on any atom is 0.435 e. The van der Waals surface area contributed by atoms with E-state index in [0.29, 0.717) is 36.5 Å². The van der Waals surface area contributed by atoms with E-state index in [-0.39, 0.29) is 22.9 Å². The van der Waals surface area contributed by atoms with E-state index in [1.165, 1.54) is 4.68 Å². The van der Waals surface area contributed by atoms with Gasteiger partial charge in [0.05, 0.1) is 6.54 Å². The molecule has 170 valence electrons. The van der Waals surface area contributed by atoms with E-state index in [9.17, 15) is 18.0 Å². The Labute approximate surface area is 192 Å². The fourth-order valence-corrected chi connectivity index (χ4v) is 4.27. The van der Waals surface area contributed by atoms with Crippen LogP contribution in [0.3, 0.4) is 0 Å². The summed E-state index contributed by atoms with van der Waals surface area (Å²) in [4.78, 5) is 12.6. The van der Waals surface area contributed by atoms with Crippen molar-refractivity contribution in [3.8, 4) is 0 Å². The molecule has 4 rings (SSSR count). The van der Waals surface area contributed by atoms with Gasteiger partial charge in [-0.2, -0.15) is 23.4 Å². The summed E-state index contributed by atoms with van der Waals surface area (Å²) < 4.78 is 43.0. The average molecular weight is 486 g/mol. The lowest BCUT2D eigenvalue weighted by Crippen LogP contribution is -2.22. The SMILES string of the molecule is O=C(Cn1nc(C(F)(F)F)c2c1CCCCC2)Nc1nn(Cc2ccccc2Cl)cc1Cl. The fraction of sp³-hybridized carbons (Fsp3) is 0.381. The van der Waals surface area contributed by atoms with E-state index in [2.05, 4.69) is 15.5 Å². The van der Waals surface area contributed by atoms with Crippen LogP contribution in [0.25, 0.3) is 0 Å². The standard InChI is InChI=1S/C21H20Cl2F3N5O/c22-15-8-5-4-6-13(15)10-30-11-16(23)20(29-30)27-18(32)12-31-17-9-3-1-2-7-14(17)19(28-31)21(24,25)26/h4-6,8,11H,1-3,7,9-10,12H2,(H,27,29,32). The largest absolute Gasteiger partial charge is 0.435 e. The lowest BCUT2D eigenvalue weighted by atomic mass is 10.1. The van der Waals surface area contributed by atoms with E-state index in [0.717, 1.165) is 23.1 Å². The fourth-order valence-electron chi connectivity index (χ4n) is 3.88. The number of benzene rings is 1. The Kier molecular flexibility index (Phi) is 6.48. The average Bonchev–Trinajstić information content (AvgIpc) is 3.12. The van der Waals surface area contributed by atoms with Crippen LogP contribution < -0.4 is 5.32 Å². The van der Waals surface area contributed by atoms with Crippen molar-refractivity contribution in [3.63, 3.8) is 0 Å². The number of carbonyl (C=O) groups excluding carboxylic acids is 1. The van der Waals surface area contributed by atoms with Crippen LogP contribution >= 0.6 is 23.2 Å². The normalized spacial score (nSPS) is 14.2. The zero-order valence-corrected chi connectivity index (χ0v) is 18.4. The molecule has 0 fully saturated rings. The molecule has 32 heavy (non-hydrogen) atoms. The zero-order chi connectivity index (χ0) is 22.9. The molecule has 0 radical (unpaired) electrons. The number of halogens is 5. The number of aromatic nitrogens is 4. The van der Waals surface area contributed by atoms with Crippen molar-refractivity contribution in [2.75, 3.05) is 5.32 Å². The molecule has 1 aliphatic rings. The van der Waals surface area contributed by atoms with Gasteiger partial charge in [-0.15, -0.1) is 0 Å². The maximum atomic E-state index is 13.5. The van der Waals surface area contributed by atoms with Crippen LogP contribution in [-0.2, 0) is 36.9 Å². The maximum absolute atomic E-state index is 13.5. The number of fused-ring (bicyclic) bond motifs is 1. The quantitative estimate of drug-likeness (QED) is 0.494. The van der Waals surface area contributed by atoms with Crippen LogP contribution in [0.15, 0.2) is 30.5 Å². The summed E-state index contributed by atoms with van der Waals surface area (Å²) in [6, 6.07) is 7.26. The molecule has 6 nitrogen and oxygen atoms in total. The lowest BCUT2D eigenvalue weighted by Gasteiger charge is -2.08. The highest BCUT2D eigenvalue weighted by Crippen LogP contribution is 2.35. The number of amides is 1. The number of hydrogen-bond acceptors (Lipinski definition) is 3. The van der Waals surface area contributed by atoms with Crippen LogP contribution in [0, 0.1) is 0 Å². The molecule has 0 atom stereocenters. The van der Waals surface area contributed by atoms with Crippen molar-refractivity contribution in [2.24, 2.45) is 0 Å². The molecule has 0 saturated carbocycles. The third kappa shape index (κ3) is 4.94. The smallest absolute Gasteiger partial charge is 0.306 e. The summed E-state index contributed by atoms with van der Waals surface area (Å²) >= 11 is 12.4. The molecule has 0 bridgehead atoms. The highest BCUT2D eigenvalue weighted by atomic mass is 35.5. The minimum Gasteiger partial charge on any atom is -0.306 e. The Bertz CT molecular complexity index is 1140. The number of hydrogen-bond donors (Lipinski definition) is 1. The van der Waals surface area contributed by atoms with Crippen molar-refractivity contribution in [2.45, 2.75) is 51.4 Å². The minimum atomic E-state index is -4.56. The number of carbonyl (C=O) groups is 1. The van der Waals surface area contributed by atoms with Crippen molar-refractivity contribution in [3.05, 3.63) is 63.0 Å². The van der Waals surface area contributed by atoms with Crippen molar-refractivity contribution in [1.29, 1.82) is 0 Å². The van der Waals surface area contributed by atoms with Gasteiger partial charge in [-0.3, -0.25) is 14.2 Å². The third-order valence-corrected chi connectivity index (χ3v) is 5.98. The monoisotopic (exact) mass is 485 g/mol. The summed E-state index contributed by atoms with van der Waals surface area (Å²) in [5.74, 6) is -0.434. The van der Waals surface area contributed by atoms with Gasteiger partial charge in [0, 0.05) is 22.5 Å². The van der Waals surface area contributed by atoms with Gasteiger partial charge in [0.25, 0.3) is 0 Å². The first-order chi connectivity index (χ1) is 15.2. The highest BCUT2D eigenvalue weighted by molar-refractivity contribution is 6.33. The molecule has 1 N–H and O–H groups in total. The predicted octanol–water partition coefficient (Wildman–Crippen LogP) is 5.36. The lowest BCUT2D eigenvalue weighted by molar-refractivity contribution is -0.142. The zero-order valence-electron chi connectivity index (χ0n) is 16.9. The molecule has 11 heteroatoms. The first-order valence-electron chi connectivity index (χ1n) is 10.1. The molecule has 1 aliphatic carbocycles. The summed E-state index contributed by atoms with van der Waals surface area (Å²) in [6.07, 6.45) is 0.0289. The summed E-state index contributed by atoms with van der Waals surface area (Å²) in [5, 5.41) is 11.4. The number of anilines is 1. The number of alkyl halides is 3. The molecule has 0 saturated heterocycles. The molecule has 2 aromatic heterocycles. The van der Waals surface area contributed by atoms with E-state index in [1.807, 2.05) is 18.2 Å². The van der Waals surface area contributed by atoms with Crippen molar-refractivity contribution in [1.82, 2.24) is 19.6 Å². The highest BCUT2D eigenvalue weighted by Gasteiger charge is 2.39. The molecule has 2 heterocycles. The molecular formula is C21H20Cl2F3N5O. The molecule has 0 aliphatic heterocycles. The van der Waals surface area contributed by atoms with Crippen LogP contribution in [0.5, 0.6) is 0 Å². The van der Waals surface area contributed by atoms with Crippen LogP contribution in [0.2, 0.25) is 10.0 Å². The van der Waals surface area contributed by atoms with Crippen molar-refractivity contribution < 1.29 is 18.0 Å². The second kappa shape index (κ2) is 9.15. The first kappa shape index (κ1) is 22.7. The molecule has 1 amide bonds. The number of nitrogens with zero attached hydrogens (tertiary/aromatic N) is 4. The molecular weight excluding hydrogens is 466 g/mol. The second-order valence-electron chi connectivity index (χ2n) is 7.65. The van der Waals surface area contributed by atoms with Gasteiger partial charge in [0.1, 0.15) is 11.6 Å². The van der Waals surface area contributed by atoms with Gasteiger partial charge >= 0.3 is 6.18 Å². The second-order valence-corrected chi connectivity index (χ2v) is 8.47. The predicted molar refractivity (Wildman–Crippen MR) is 115 cm³/mol. The molecule has 3 aromatic rings. The van der Waals surface area contributed by atoms with Gasteiger partial charge in [0.15, 0.2) is 11.5 Å². The summed E-state index contributed by atoms with van der Waals surface area (Å²) in [6.45, 7) is -0.0109.